The van der Waals surface area contributed by atoms with Crippen LogP contribution in [0.3, 0.4) is 0 Å². The van der Waals surface area contributed by atoms with Gasteiger partial charge in [-0.15, -0.1) is 0 Å². The maximum Gasteiger partial charge on any atom is 0.311 e. The van der Waals surface area contributed by atoms with Crippen molar-refractivity contribution in [1.29, 1.82) is 0 Å². The third-order valence-corrected chi connectivity index (χ3v) is 8.73. The fourth-order valence-corrected chi connectivity index (χ4v) is 7.25. The van der Waals surface area contributed by atoms with E-state index in [0.29, 0.717) is 12.8 Å². The number of fused-ring (bicyclic) bond motifs is 3. The van der Waals surface area contributed by atoms with E-state index >= 15 is 0 Å². The number of aliphatic hydroxyl groups excluding tert-OH is 1. The highest BCUT2D eigenvalue weighted by atomic mass is 16.5. The number of methoxy groups -OCH3 is 1. The van der Waals surface area contributed by atoms with Crippen molar-refractivity contribution in [2.24, 2.45) is 39.9 Å². The van der Waals surface area contributed by atoms with Crippen LogP contribution in [0.2, 0.25) is 0 Å². The van der Waals surface area contributed by atoms with E-state index in [1.165, 1.54) is 7.11 Å². The number of carbonyl (C=O) groups is 3. The summed E-state index contributed by atoms with van der Waals surface area (Å²) in [5, 5.41) is 10.4. The summed E-state index contributed by atoms with van der Waals surface area (Å²) in [5.74, 6) is -0.296. The molecule has 0 aromatic carbocycles. The third-order valence-electron chi connectivity index (χ3n) is 8.73. The van der Waals surface area contributed by atoms with Crippen LogP contribution in [0.5, 0.6) is 0 Å². The minimum Gasteiger partial charge on any atom is -0.469 e. The Morgan fingerprint density at radius 3 is 2.43 bits per heavy atom. The summed E-state index contributed by atoms with van der Waals surface area (Å²) in [7, 11) is 1.45. The first kappa shape index (κ1) is 21.5. The van der Waals surface area contributed by atoms with E-state index in [0.717, 1.165) is 25.7 Å². The molecule has 5 heteroatoms. The van der Waals surface area contributed by atoms with Gasteiger partial charge in [0.1, 0.15) is 11.6 Å². The number of esters is 1. The molecule has 158 valence electrons. The summed E-state index contributed by atoms with van der Waals surface area (Å²) in [6.45, 7) is 7.83. The van der Waals surface area contributed by atoms with Crippen LogP contribution in [0, 0.1) is 39.9 Å². The molecule has 3 rings (SSSR count). The number of hydrogen-bond donors (Lipinski definition) is 1. The van der Waals surface area contributed by atoms with Gasteiger partial charge in [0.05, 0.1) is 24.5 Å². The molecule has 3 aliphatic rings. The number of rotatable bonds is 4. The first-order valence-electron chi connectivity index (χ1n) is 10.8. The molecule has 0 spiro atoms. The third kappa shape index (κ3) is 2.88. The summed E-state index contributed by atoms with van der Waals surface area (Å²) in [5.41, 5.74) is -1.58. The van der Waals surface area contributed by atoms with Gasteiger partial charge in [-0.3, -0.25) is 14.4 Å². The normalized spacial score (nSPS) is 43.2. The second-order valence-corrected chi connectivity index (χ2v) is 10.3. The lowest BCUT2D eigenvalue weighted by Crippen LogP contribution is -2.63. The minimum atomic E-state index is -0.757. The van der Waals surface area contributed by atoms with Gasteiger partial charge in [-0.1, -0.05) is 27.2 Å². The molecule has 3 aliphatic carbocycles. The van der Waals surface area contributed by atoms with Crippen LogP contribution in [-0.2, 0) is 19.1 Å². The Balaban J connectivity index is 2.04. The van der Waals surface area contributed by atoms with Crippen LogP contribution in [0.15, 0.2) is 0 Å². The van der Waals surface area contributed by atoms with E-state index in [2.05, 4.69) is 6.92 Å². The van der Waals surface area contributed by atoms with Gasteiger partial charge < -0.3 is 9.84 Å². The number of ether oxygens (including phenoxy) is 1. The molecule has 6 atom stereocenters. The maximum absolute atomic E-state index is 13.3. The van der Waals surface area contributed by atoms with Gasteiger partial charge in [0.25, 0.3) is 0 Å². The van der Waals surface area contributed by atoms with Crippen molar-refractivity contribution in [3.63, 3.8) is 0 Å². The van der Waals surface area contributed by atoms with Gasteiger partial charge >= 0.3 is 5.97 Å². The molecular formula is C23H36O5. The van der Waals surface area contributed by atoms with Crippen molar-refractivity contribution in [2.75, 3.05) is 13.7 Å². The lowest BCUT2D eigenvalue weighted by atomic mass is 9.39. The van der Waals surface area contributed by atoms with Gasteiger partial charge in [0, 0.05) is 18.3 Å². The van der Waals surface area contributed by atoms with Crippen molar-refractivity contribution < 1.29 is 24.2 Å². The lowest BCUT2D eigenvalue weighted by Gasteiger charge is -2.63. The molecule has 0 saturated heterocycles. The zero-order valence-corrected chi connectivity index (χ0v) is 18.0. The SMILES string of the molecule is COC(=O)[C@]1(C)CCC[C@@]2(C)[C@H]1CC[C@@]1(CO)C(=O)C[C@H](C(=O)C(C)C)C[C@@H]12. The van der Waals surface area contributed by atoms with Crippen LogP contribution in [-0.4, -0.2) is 36.4 Å². The van der Waals surface area contributed by atoms with Gasteiger partial charge in [-0.05, 0) is 56.3 Å². The van der Waals surface area contributed by atoms with Crippen molar-refractivity contribution in [3.05, 3.63) is 0 Å². The summed E-state index contributed by atoms with van der Waals surface area (Å²) in [6.07, 6.45) is 4.86. The Morgan fingerprint density at radius 2 is 1.86 bits per heavy atom. The van der Waals surface area contributed by atoms with E-state index in [1.807, 2.05) is 20.8 Å². The minimum absolute atomic E-state index is 0.0512. The molecule has 0 aromatic rings. The molecule has 0 aromatic heterocycles. The standard InChI is InChI=1S/C23H36O5/c1-14(2)19(26)15-11-17-21(3)8-6-9-22(4,20(27)28-5)16(21)7-10-23(17,13-24)18(25)12-15/h14-17,24H,6-13H2,1-5H3/t15-,16-,17-,21+,22-,23+/m1/s1. The maximum atomic E-state index is 13.3. The fraction of sp³-hybridized carbons (Fsp3) is 0.870. The molecule has 3 saturated carbocycles. The molecule has 28 heavy (non-hydrogen) atoms. The molecule has 0 aliphatic heterocycles. The molecule has 0 amide bonds. The van der Waals surface area contributed by atoms with Gasteiger partial charge in [0.2, 0.25) is 0 Å². The van der Waals surface area contributed by atoms with Crippen LogP contribution < -0.4 is 0 Å². The average Bonchev–Trinajstić information content (AvgIpc) is 2.66. The van der Waals surface area contributed by atoms with Crippen LogP contribution in [0.4, 0.5) is 0 Å². The Hall–Kier alpha value is -1.23. The fourth-order valence-electron chi connectivity index (χ4n) is 7.25. The Labute approximate surface area is 168 Å². The first-order valence-corrected chi connectivity index (χ1v) is 10.8. The van der Waals surface area contributed by atoms with E-state index in [4.69, 9.17) is 4.74 Å². The Bertz CT molecular complexity index is 670. The topological polar surface area (TPSA) is 80.7 Å². The van der Waals surface area contributed by atoms with Crippen LogP contribution in [0.25, 0.3) is 0 Å². The number of Topliss-reactive ketones (excluding diaryl/α,β-unsaturated/α-hetero) is 2. The van der Waals surface area contributed by atoms with E-state index in [1.54, 1.807) is 0 Å². The summed E-state index contributed by atoms with van der Waals surface area (Å²) in [6, 6.07) is 0. The van der Waals surface area contributed by atoms with Crippen molar-refractivity contribution in [1.82, 2.24) is 0 Å². The van der Waals surface area contributed by atoms with Gasteiger partial charge in [-0.25, -0.2) is 0 Å². The van der Waals surface area contributed by atoms with E-state index < -0.39 is 10.8 Å². The lowest BCUT2D eigenvalue weighted by molar-refractivity contribution is -0.195. The molecule has 0 unspecified atom stereocenters. The second kappa shape index (κ2) is 7.23. The quantitative estimate of drug-likeness (QED) is 0.740. The number of ketones is 2. The smallest absolute Gasteiger partial charge is 0.311 e. The molecule has 5 nitrogen and oxygen atoms in total. The van der Waals surface area contributed by atoms with Crippen molar-refractivity contribution in [2.45, 2.75) is 72.6 Å². The number of carbonyl (C=O) groups excluding carboxylic acids is 3. The predicted molar refractivity (Wildman–Crippen MR) is 105 cm³/mol. The van der Waals surface area contributed by atoms with Crippen molar-refractivity contribution in [3.8, 4) is 0 Å². The Kier molecular flexibility index (Phi) is 5.54. The number of hydrogen-bond acceptors (Lipinski definition) is 5. The highest BCUT2D eigenvalue weighted by Gasteiger charge is 2.66. The van der Waals surface area contributed by atoms with E-state index in [-0.39, 0.29) is 59.7 Å². The zero-order chi connectivity index (χ0) is 20.9. The van der Waals surface area contributed by atoms with Crippen molar-refractivity contribution >= 4 is 17.5 Å². The largest absolute Gasteiger partial charge is 0.469 e. The monoisotopic (exact) mass is 392 g/mol. The van der Waals surface area contributed by atoms with Gasteiger partial charge in [0.15, 0.2) is 0 Å². The Morgan fingerprint density at radius 1 is 1.18 bits per heavy atom. The highest BCUT2D eigenvalue weighted by molar-refractivity contribution is 5.93. The van der Waals surface area contributed by atoms with Crippen LogP contribution in [0.1, 0.15) is 72.6 Å². The second-order valence-electron chi connectivity index (χ2n) is 10.3. The van der Waals surface area contributed by atoms with Crippen LogP contribution >= 0.6 is 0 Å². The summed E-state index contributed by atoms with van der Waals surface area (Å²) in [4.78, 5) is 38.8. The molecule has 3 fully saturated rings. The molecule has 0 heterocycles. The predicted octanol–water partition coefficient (Wildman–Crippen LogP) is 3.57. The van der Waals surface area contributed by atoms with E-state index in [9.17, 15) is 19.5 Å². The first-order chi connectivity index (χ1) is 13.1. The average molecular weight is 393 g/mol. The summed E-state index contributed by atoms with van der Waals surface area (Å²) < 4.78 is 5.18. The molecule has 0 radical (unpaired) electrons. The zero-order valence-electron chi connectivity index (χ0n) is 18.0. The summed E-state index contributed by atoms with van der Waals surface area (Å²) >= 11 is 0. The highest BCUT2D eigenvalue weighted by Crippen LogP contribution is 2.67. The number of aliphatic hydroxyl groups is 1. The molecule has 0 bridgehead atoms. The van der Waals surface area contributed by atoms with Gasteiger partial charge in [-0.2, -0.15) is 0 Å². The molecular weight excluding hydrogens is 356 g/mol. The molecule has 1 N–H and O–H groups in total.